The number of rotatable bonds is 8. The number of aliphatic hydroxyl groups is 1. The SMILES string of the molecule is [B]C([B])(O)Oc1cccc2c1C(CC)C(CCC)C1CCN(C(=C)Cc3ncc(C(F)(F)F)cc3C(F)(F)F)C21. The first-order chi connectivity index (χ1) is 18.6. The van der Waals surface area contributed by atoms with Gasteiger partial charge in [-0.2, -0.15) is 26.3 Å². The Morgan fingerprint density at radius 3 is 2.42 bits per heavy atom. The van der Waals surface area contributed by atoms with Crippen LogP contribution in [0, 0.1) is 11.8 Å². The molecule has 1 aliphatic heterocycles. The van der Waals surface area contributed by atoms with Gasteiger partial charge in [0.2, 0.25) is 0 Å². The van der Waals surface area contributed by atoms with Gasteiger partial charge in [0.05, 0.1) is 22.9 Å². The summed E-state index contributed by atoms with van der Waals surface area (Å²) < 4.78 is 86.4. The quantitative estimate of drug-likeness (QED) is 0.227. The van der Waals surface area contributed by atoms with Crippen LogP contribution in [-0.2, 0) is 18.8 Å². The number of aromatic nitrogens is 1. The van der Waals surface area contributed by atoms with Crippen molar-refractivity contribution in [3.63, 3.8) is 0 Å². The molecule has 2 heterocycles. The Bertz CT molecular complexity index is 1240. The normalized spacial score (nSPS) is 23.1. The minimum Gasteiger partial charge on any atom is -0.481 e. The molecule has 1 fully saturated rings. The molecule has 4 radical (unpaired) electrons. The molecule has 1 N–H and O–H groups in total. The first kappa shape index (κ1) is 30.3. The summed E-state index contributed by atoms with van der Waals surface area (Å²) in [6, 6.07) is 5.16. The van der Waals surface area contributed by atoms with Gasteiger partial charge in [-0.3, -0.25) is 4.98 Å². The van der Waals surface area contributed by atoms with E-state index in [1.165, 1.54) is 0 Å². The summed E-state index contributed by atoms with van der Waals surface area (Å²) in [7, 11) is 11.1. The molecular weight excluding hydrogens is 532 g/mol. The maximum Gasteiger partial charge on any atom is 0.418 e. The van der Waals surface area contributed by atoms with E-state index in [0.717, 1.165) is 36.8 Å². The van der Waals surface area contributed by atoms with Gasteiger partial charge in [0.25, 0.3) is 0 Å². The molecule has 2 aliphatic rings. The predicted octanol–water partition coefficient (Wildman–Crippen LogP) is 6.48. The van der Waals surface area contributed by atoms with Crippen molar-refractivity contribution in [3.05, 3.63) is 70.7 Å². The highest BCUT2D eigenvalue weighted by Crippen LogP contribution is 2.57. The molecule has 4 atom stereocenters. The van der Waals surface area contributed by atoms with E-state index >= 15 is 0 Å². The number of nitrogens with zero attached hydrogens (tertiary/aromatic N) is 2. The lowest BCUT2D eigenvalue weighted by Gasteiger charge is -2.45. The van der Waals surface area contributed by atoms with Gasteiger partial charge in [0, 0.05) is 30.4 Å². The standard InChI is InChI=1S/C28H30B2F6N2O2/c1-4-7-18-17(5-2)24-20(8-6-9-23(24)40-28(29,30)39)25-19(18)10-11-38(25)15(3)12-22-21(27(34,35)36)13-16(14-37-22)26(31,32)33/h6,8-9,13-14,17-19,25,39H,3-5,7,10-12H2,1-2H3. The summed E-state index contributed by atoms with van der Waals surface area (Å²) in [5.74, 6) is 0.754. The minimum atomic E-state index is -5.02. The number of hydrogen-bond acceptors (Lipinski definition) is 4. The molecule has 4 unspecified atom stereocenters. The highest BCUT2D eigenvalue weighted by atomic mass is 19.4. The third kappa shape index (κ3) is 6.02. The zero-order chi connectivity index (χ0) is 29.6. The second kappa shape index (κ2) is 11.0. The second-order valence-corrected chi connectivity index (χ2v) is 10.6. The van der Waals surface area contributed by atoms with Crippen LogP contribution in [-0.4, -0.2) is 42.8 Å². The van der Waals surface area contributed by atoms with Crippen LogP contribution in [0.2, 0.25) is 0 Å². The van der Waals surface area contributed by atoms with E-state index in [-0.39, 0.29) is 36.3 Å². The van der Waals surface area contributed by atoms with Crippen molar-refractivity contribution in [2.24, 2.45) is 11.8 Å². The molecule has 0 bridgehead atoms. The molecular formula is C28H30B2F6N2O2. The average molecular weight is 562 g/mol. The maximum absolute atomic E-state index is 13.8. The topological polar surface area (TPSA) is 45.6 Å². The number of pyridine rings is 1. The van der Waals surface area contributed by atoms with Crippen molar-refractivity contribution in [1.29, 1.82) is 0 Å². The third-order valence-electron chi connectivity index (χ3n) is 8.02. The summed E-state index contributed by atoms with van der Waals surface area (Å²) in [5.41, 5.74) is -3.79. The van der Waals surface area contributed by atoms with Crippen molar-refractivity contribution < 1.29 is 36.2 Å². The molecule has 1 aromatic carbocycles. The second-order valence-electron chi connectivity index (χ2n) is 10.6. The van der Waals surface area contributed by atoms with E-state index in [1.54, 1.807) is 12.1 Å². The number of fused-ring (bicyclic) bond motifs is 3. The average Bonchev–Trinajstić information content (AvgIpc) is 3.28. The first-order valence-corrected chi connectivity index (χ1v) is 13.3. The van der Waals surface area contributed by atoms with Gasteiger partial charge in [0.15, 0.2) is 15.7 Å². The molecule has 0 amide bonds. The lowest BCUT2D eigenvalue weighted by atomic mass is 9.64. The Labute approximate surface area is 232 Å². The van der Waals surface area contributed by atoms with E-state index in [9.17, 15) is 31.4 Å². The minimum absolute atomic E-state index is 0.0661. The van der Waals surface area contributed by atoms with Gasteiger partial charge in [-0.15, -0.1) is 0 Å². The van der Waals surface area contributed by atoms with Crippen LogP contribution in [0.1, 0.15) is 79.4 Å². The molecule has 2 aromatic rings. The summed E-state index contributed by atoms with van der Waals surface area (Å²) in [6.45, 7) is 8.72. The Morgan fingerprint density at radius 2 is 1.85 bits per heavy atom. The van der Waals surface area contributed by atoms with Crippen LogP contribution in [0.4, 0.5) is 26.3 Å². The molecule has 1 aromatic heterocycles. The summed E-state index contributed by atoms with van der Waals surface area (Å²) in [4.78, 5) is 5.52. The number of allylic oxidation sites excluding steroid dienone is 1. The zero-order valence-corrected chi connectivity index (χ0v) is 22.3. The van der Waals surface area contributed by atoms with E-state index in [2.05, 4.69) is 25.4 Å². The van der Waals surface area contributed by atoms with Gasteiger partial charge in [-0.05, 0) is 54.7 Å². The Hall–Kier alpha value is -2.62. The zero-order valence-electron chi connectivity index (χ0n) is 22.3. The Morgan fingerprint density at radius 1 is 1.15 bits per heavy atom. The molecule has 212 valence electrons. The number of alkyl halides is 6. The maximum atomic E-state index is 13.8. The Balaban J connectivity index is 1.75. The lowest BCUT2D eigenvalue weighted by Crippen LogP contribution is -2.39. The van der Waals surface area contributed by atoms with Gasteiger partial charge < -0.3 is 14.7 Å². The highest BCUT2D eigenvalue weighted by Gasteiger charge is 2.49. The van der Waals surface area contributed by atoms with Crippen molar-refractivity contribution in [2.45, 2.75) is 75.8 Å². The molecule has 1 saturated heterocycles. The van der Waals surface area contributed by atoms with Crippen molar-refractivity contribution in [1.82, 2.24) is 9.88 Å². The highest BCUT2D eigenvalue weighted by molar-refractivity contribution is 6.37. The van der Waals surface area contributed by atoms with E-state index in [4.69, 9.17) is 20.4 Å². The predicted molar refractivity (Wildman–Crippen MR) is 140 cm³/mol. The molecule has 40 heavy (non-hydrogen) atoms. The van der Waals surface area contributed by atoms with Crippen molar-refractivity contribution in [2.75, 3.05) is 6.54 Å². The molecule has 0 saturated carbocycles. The number of halogens is 6. The van der Waals surface area contributed by atoms with Crippen LogP contribution in [0.15, 0.2) is 42.7 Å². The van der Waals surface area contributed by atoms with Crippen LogP contribution in [0.5, 0.6) is 5.75 Å². The molecule has 12 heteroatoms. The third-order valence-corrected chi connectivity index (χ3v) is 8.02. The lowest BCUT2D eigenvalue weighted by molar-refractivity contribution is -0.143. The Kier molecular flexibility index (Phi) is 8.33. The number of ether oxygens (including phenoxy) is 1. The monoisotopic (exact) mass is 562 g/mol. The van der Waals surface area contributed by atoms with Gasteiger partial charge >= 0.3 is 12.4 Å². The summed E-state index contributed by atoms with van der Waals surface area (Å²) in [6.07, 6.45) is -6.59. The summed E-state index contributed by atoms with van der Waals surface area (Å²) >= 11 is 0. The van der Waals surface area contributed by atoms with Crippen LogP contribution in [0.25, 0.3) is 0 Å². The fourth-order valence-corrected chi connectivity index (χ4v) is 6.60. The van der Waals surface area contributed by atoms with Gasteiger partial charge in [-0.25, -0.2) is 0 Å². The molecule has 0 spiro atoms. The molecule has 4 rings (SSSR count). The number of likely N-dealkylation sites (tertiary alicyclic amines) is 1. The van der Waals surface area contributed by atoms with E-state index in [1.807, 2.05) is 11.0 Å². The van der Waals surface area contributed by atoms with Crippen molar-refractivity contribution in [3.8, 4) is 5.75 Å². The number of hydrogen-bond donors (Lipinski definition) is 1. The summed E-state index contributed by atoms with van der Waals surface area (Å²) in [5, 5.41) is 9.99. The van der Waals surface area contributed by atoms with Gasteiger partial charge in [-0.1, -0.05) is 39.0 Å². The number of benzene rings is 1. The van der Waals surface area contributed by atoms with Crippen LogP contribution in [0.3, 0.4) is 0 Å². The van der Waals surface area contributed by atoms with Gasteiger partial charge in [0.1, 0.15) is 11.3 Å². The smallest absolute Gasteiger partial charge is 0.418 e. The van der Waals surface area contributed by atoms with E-state index in [0.29, 0.717) is 24.2 Å². The first-order valence-electron chi connectivity index (χ1n) is 13.3. The molecule has 4 nitrogen and oxygen atoms in total. The van der Waals surface area contributed by atoms with Crippen molar-refractivity contribution >= 4 is 15.7 Å². The molecule has 1 aliphatic carbocycles. The largest absolute Gasteiger partial charge is 0.481 e. The van der Waals surface area contributed by atoms with E-state index < -0.39 is 34.8 Å². The fraction of sp³-hybridized carbons (Fsp3) is 0.536. The van der Waals surface area contributed by atoms with Crippen LogP contribution < -0.4 is 4.74 Å². The van der Waals surface area contributed by atoms with Crippen LogP contribution >= 0.6 is 0 Å². The fourth-order valence-electron chi connectivity index (χ4n) is 6.60.